The molecule has 0 fully saturated rings. The van der Waals surface area contributed by atoms with Crippen LogP contribution in [0.4, 0.5) is 0 Å². The van der Waals surface area contributed by atoms with Crippen LogP contribution in [0.5, 0.6) is 0 Å². The van der Waals surface area contributed by atoms with Crippen molar-refractivity contribution in [2.24, 2.45) is 5.41 Å². The lowest BCUT2D eigenvalue weighted by Crippen LogP contribution is -2.28. The van der Waals surface area contributed by atoms with E-state index in [0.717, 1.165) is 6.42 Å². The Morgan fingerprint density at radius 1 is 1.69 bits per heavy atom. The lowest BCUT2D eigenvalue weighted by atomic mass is 9.82. The SMILES string of the molecule is CCOC(=O)[C@@]1(C)C=CC(C)=CC1. The predicted octanol–water partition coefficient (Wildman–Crippen LogP) is 2.46. The fourth-order valence-corrected chi connectivity index (χ4v) is 1.27. The molecule has 2 nitrogen and oxygen atoms in total. The van der Waals surface area contributed by atoms with Crippen molar-refractivity contribution in [3.63, 3.8) is 0 Å². The lowest BCUT2D eigenvalue weighted by Gasteiger charge is -2.24. The lowest BCUT2D eigenvalue weighted by molar-refractivity contribution is -0.151. The Labute approximate surface area is 79.3 Å². The maximum absolute atomic E-state index is 11.5. The average molecular weight is 180 g/mol. The van der Waals surface area contributed by atoms with E-state index in [0.29, 0.717) is 6.61 Å². The smallest absolute Gasteiger partial charge is 0.315 e. The summed E-state index contributed by atoms with van der Waals surface area (Å²) in [7, 11) is 0. The van der Waals surface area contributed by atoms with Gasteiger partial charge in [0.05, 0.1) is 12.0 Å². The number of rotatable bonds is 2. The van der Waals surface area contributed by atoms with Crippen LogP contribution in [-0.4, -0.2) is 12.6 Å². The number of carbonyl (C=O) groups is 1. The third kappa shape index (κ3) is 2.20. The first-order chi connectivity index (χ1) is 6.08. The highest BCUT2D eigenvalue weighted by Crippen LogP contribution is 2.30. The molecule has 0 unspecified atom stereocenters. The van der Waals surface area contributed by atoms with Gasteiger partial charge in [-0.1, -0.05) is 23.8 Å². The number of esters is 1. The van der Waals surface area contributed by atoms with Gasteiger partial charge in [-0.3, -0.25) is 4.79 Å². The van der Waals surface area contributed by atoms with Gasteiger partial charge in [-0.05, 0) is 27.2 Å². The molecule has 1 atom stereocenters. The van der Waals surface area contributed by atoms with Gasteiger partial charge in [0, 0.05) is 0 Å². The van der Waals surface area contributed by atoms with Gasteiger partial charge in [-0.15, -0.1) is 0 Å². The number of carbonyl (C=O) groups excluding carboxylic acids is 1. The van der Waals surface area contributed by atoms with Crippen molar-refractivity contribution in [1.82, 2.24) is 0 Å². The summed E-state index contributed by atoms with van der Waals surface area (Å²) in [6.07, 6.45) is 6.71. The molecule has 0 amide bonds. The second-order valence-electron chi connectivity index (χ2n) is 3.62. The molecule has 0 aromatic heterocycles. The predicted molar refractivity (Wildman–Crippen MR) is 52.3 cm³/mol. The Hall–Kier alpha value is -1.05. The van der Waals surface area contributed by atoms with E-state index in [1.54, 1.807) is 0 Å². The molecule has 0 aromatic rings. The van der Waals surface area contributed by atoms with Crippen molar-refractivity contribution >= 4 is 5.97 Å². The molecule has 0 aliphatic heterocycles. The molecule has 13 heavy (non-hydrogen) atoms. The highest BCUT2D eigenvalue weighted by atomic mass is 16.5. The van der Waals surface area contributed by atoms with Crippen LogP contribution in [0, 0.1) is 5.41 Å². The summed E-state index contributed by atoms with van der Waals surface area (Å²) in [4.78, 5) is 11.5. The van der Waals surface area contributed by atoms with Crippen LogP contribution in [0.25, 0.3) is 0 Å². The van der Waals surface area contributed by atoms with Crippen LogP contribution in [0.1, 0.15) is 27.2 Å². The van der Waals surface area contributed by atoms with E-state index < -0.39 is 5.41 Å². The van der Waals surface area contributed by atoms with E-state index in [-0.39, 0.29) is 5.97 Å². The quantitative estimate of drug-likeness (QED) is 0.610. The van der Waals surface area contributed by atoms with E-state index in [9.17, 15) is 4.79 Å². The molecule has 0 heterocycles. The zero-order valence-electron chi connectivity index (χ0n) is 8.46. The number of hydrogen-bond acceptors (Lipinski definition) is 2. The Kier molecular flexibility index (Phi) is 2.91. The van der Waals surface area contributed by atoms with Crippen molar-refractivity contribution in [3.05, 3.63) is 23.8 Å². The molecule has 0 saturated carbocycles. The fourth-order valence-electron chi connectivity index (χ4n) is 1.27. The molecule has 0 bridgehead atoms. The van der Waals surface area contributed by atoms with Crippen LogP contribution in [0.3, 0.4) is 0 Å². The molecule has 2 heteroatoms. The van der Waals surface area contributed by atoms with Crippen LogP contribution in [-0.2, 0) is 9.53 Å². The van der Waals surface area contributed by atoms with Gasteiger partial charge in [0.2, 0.25) is 0 Å². The average Bonchev–Trinajstić information content (AvgIpc) is 2.11. The minimum atomic E-state index is -0.449. The summed E-state index contributed by atoms with van der Waals surface area (Å²) in [6.45, 7) is 6.21. The molecular formula is C11H16O2. The summed E-state index contributed by atoms with van der Waals surface area (Å²) in [5.41, 5.74) is 0.761. The maximum atomic E-state index is 11.5. The standard InChI is InChI=1S/C11H16O2/c1-4-13-10(12)11(3)7-5-9(2)6-8-11/h5-7H,4,8H2,1-3H3/t11-/m0/s1. The summed E-state index contributed by atoms with van der Waals surface area (Å²) < 4.78 is 5.00. The molecular weight excluding hydrogens is 164 g/mol. The number of ether oxygens (including phenoxy) is 1. The fraction of sp³-hybridized carbons (Fsp3) is 0.545. The van der Waals surface area contributed by atoms with Crippen LogP contribution < -0.4 is 0 Å². The first-order valence-electron chi connectivity index (χ1n) is 4.62. The number of allylic oxidation sites excluding steroid dienone is 3. The summed E-state index contributed by atoms with van der Waals surface area (Å²) in [6, 6.07) is 0. The minimum absolute atomic E-state index is 0.130. The molecule has 1 aliphatic carbocycles. The zero-order chi connectivity index (χ0) is 9.90. The molecule has 1 rings (SSSR count). The van der Waals surface area contributed by atoms with Crippen molar-refractivity contribution in [2.75, 3.05) is 6.61 Å². The Morgan fingerprint density at radius 3 is 2.85 bits per heavy atom. The topological polar surface area (TPSA) is 26.3 Å². The van der Waals surface area contributed by atoms with E-state index in [1.165, 1.54) is 5.57 Å². The molecule has 0 aromatic carbocycles. The van der Waals surface area contributed by atoms with E-state index in [1.807, 2.05) is 32.9 Å². The Balaban J connectivity index is 2.70. The normalized spacial score (nSPS) is 26.8. The maximum Gasteiger partial charge on any atom is 0.315 e. The van der Waals surface area contributed by atoms with Gasteiger partial charge < -0.3 is 4.74 Å². The second-order valence-corrected chi connectivity index (χ2v) is 3.62. The Bertz CT molecular complexity index is 263. The zero-order valence-corrected chi connectivity index (χ0v) is 8.46. The van der Waals surface area contributed by atoms with Gasteiger partial charge in [-0.2, -0.15) is 0 Å². The molecule has 0 radical (unpaired) electrons. The Morgan fingerprint density at radius 2 is 2.38 bits per heavy atom. The van der Waals surface area contributed by atoms with Gasteiger partial charge in [-0.25, -0.2) is 0 Å². The van der Waals surface area contributed by atoms with Gasteiger partial charge in [0.1, 0.15) is 0 Å². The van der Waals surface area contributed by atoms with Crippen molar-refractivity contribution in [1.29, 1.82) is 0 Å². The molecule has 0 spiro atoms. The minimum Gasteiger partial charge on any atom is -0.465 e. The molecule has 72 valence electrons. The number of hydrogen-bond donors (Lipinski definition) is 0. The van der Waals surface area contributed by atoms with Crippen LogP contribution >= 0.6 is 0 Å². The van der Waals surface area contributed by atoms with Gasteiger partial charge in [0.15, 0.2) is 0 Å². The van der Waals surface area contributed by atoms with Gasteiger partial charge >= 0.3 is 5.97 Å². The first-order valence-corrected chi connectivity index (χ1v) is 4.62. The largest absolute Gasteiger partial charge is 0.465 e. The van der Waals surface area contributed by atoms with E-state index >= 15 is 0 Å². The third-order valence-electron chi connectivity index (χ3n) is 2.30. The van der Waals surface area contributed by atoms with Gasteiger partial charge in [0.25, 0.3) is 0 Å². The summed E-state index contributed by atoms with van der Waals surface area (Å²) in [5, 5.41) is 0. The highest BCUT2D eigenvalue weighted by Gasteiger charge is 2.32. The highest BCUT2D eigenvalue weighted by molar-refractivity contribution is 5.79. The molecule has 1 aliphatic rings. The van der Waals surface area contributed by atoms with Crippen LogP contribution in [0.15, 0.2) is 23.8 Å². The summed E-state index contributed by atoms with van der Waals surface area (Å²) in [5.74, 6) is -0.130. The van der Waals surface area contributed by atoms with E-state index in [2.05, 4.69) is 6.08 Å². The third-order valence-corrected chi connectivity index (χ3v) is 2.30. The summed E-state index contributed by atoms with van der Waals surface area (Å²) >= 11 is 0. The van der Waals surface area contributed by atoms with Crippen molar-refractivity contribution < 1.29 is 9.53 Å². The van der Waals surface area contributed by atoms with Crippen LogP contribution in [0.2, 0.25) is 0 Å². The monoisotopic (exact) mass is 180 g/mol. The molecule has 0 N–H and O–H groups in total. The second kappa shape index (κ2) is 3.77. The van der Waals surface area contributed by atoms with Crippen molar-refractivity contribution in [3.8, 4) is 0 Å². The molecule has 0 saturated heterocycles. The van der Waals surface area contributed by atoms with Crippen molar-refractivity contribution in [2.45, 2.75) is 27.2 Å². The van der Waals surface area contributed by atoms with E-state index in [4.69, 9.17) is 4.74 Å². The first kappa shape index (κ1) is 10.0.